The molecule has 2 aromatic heterocycles. The normalized spacial score (nSPS) is 20.0. The van der Waals surface area contributed by atoms with Crippen molar-refractivity contribution < 1.29 is 5.11 Å². The van der Waals surface area contributed by atoms with Crippen molar-refractivity contribution in [3.63, 3.8) is 0 Å². The van der Waals surface area contributed by atoms with Crippen LogP contribution in [0.5, 0.6) is 0 Å². The van der Waals surface area contributed by atoms with Crippen molar-refractivity contribution in [2.24, 2.45) is 5.41 Å². The quantitative estimate of drug-likeness (QED) is 0.657. The molecular weight excluding hydrogens is 374 g/mol. The molecule has 1 saturated carbocycles. The first-order chi connectivity index (χ1) is 14.4. The average molecular weight is 404 g/mol. The van der Waals surface area contributed by atoms with Gasteiger partial charge in [0.1, 0.15) is 11.9 Å². The van der Waals surface area contributed by atoms with E-state index in [9.17, 15) is 5.11 Å². The predicted octanol–water partition coefficient (Wildman–Crippen LogP) is 3.64. The van der Waals surface area contributed by atoms with Crippen LogP contribution in [0.25, 0.3) is 11.4 Å². The molecule has 0 radical (unpaired) electrons. The van der Waals surface area contributed by atoms with Crippen molar-refractivity contribution >= 4 is 0 Å². The molecule has 2 fully saturated rings. The SMILES string of the molecule is CC(C)c1ccc([C@](O)(c2cncc(-c3ncn(C4CC4)n3)c2)C2(C)CNC2)cc1. The second kappa shape index (κ2) is 7.00. The van der Waals surface area contributed by atoms with Crippen LogP contribution >= 0.6 is 0 Å². The number of pyridine rings is 1. The molecule has 0 unspecified atom stereocenters. The Morgan fingerprint density at radius 2 is 1.87 bits per heavy atom. The van der Waals surface area contributed by atoms with E-state index in [2.05, 4.69) is 65.4 Å². The zero-order valence-electron chi connectivity index (χ0n) is 17.8. The molecule has 6 nitrogen and oxygen atoms in total. The van der Waals surface area contributed by atoms with E-state index in [0.717, 1.165) is 29.8 Å². The Morgan fingerprint density at radius 1 is 1.13 bits per heavy atom. The van der Waals surface area contributed by atoms with E-state index >= 15 is 0 Å². The van der Waals surface area contributed by atoms with Crippen LogP contribution in [-0.2, 0) is 5.60 Å². The number of nitrogens with zero attached hydrogens (tertiary/aromatic N) is 4. The summed E-state index contributed by atoms with van der Waals surface area (Å²) >= 11 is 0. The smallest absolute Gasteiger partial charge is 0.182 e. The maximum absolute atomic E-state index is 12.2. The molecule has 2 aliphatic rings. The van der Waals surface area contributed by atoms with Gasteiger partial charge in [0, 0.05) is 42.0 Å². The maximum Gasteiger partial charge on any atom is 0.182 e. The minimum absolute atomic E-state index is 0.326. The molecule has 1 aromatic carbocycles. The number of nitrogens with one attached hydrogen (secondary N) is 1. The number of hydrogen-bond acceptors (Lipinski definition) is 5. The van der Waals surface area contributed by atoms with Gasteiger partial charge in [-0.15, -0.1) is 0 Å². The third kappa shape index (κ3) is 3.06. The summed E-state index contributed by atoms with van der Waals surface area (Å²) < 4.78 is 1.94. The van der Waals surface area contributed by atoms with Crippen molar-refractivity contribution in [3.05, 3.63) is 65.7 Å². The van der Waals surface area contributed by atoms with Crippen molar-refractivity contribution in [1.29, 1.82) is 0 Å². The topological polar surface area (TPSA) is 75.9 Å². The van der Waals surface area contributed by atoms with Crippen LogP contribution in [0.2, 0.25) is 0 Å². The molecule has 3 heterocycles. The van der Waals surface area contributed by atoms with Gasteiger partial charge in [-0.2, -0.15) is 5.10 Å². The Hall–Kier alpha value is -2.57. The first-order valence-electron chi connectivity index (χ1n) is 10.8. The first kappa shape index (κ1) is 19.4. The van der Waals surface area contributed by atoms with Crippen molar-refractivity contribution in [3.8, 4) is 11.4 Å². The molecule has 5 rings (SSSR count). The highest BCUT2D eigenvalue weighted by molar-refractivity contribution is 5.56. The van der Waals surface area contributed by atoms with E-state index in [4.69, 9.17) is 0 Å². The number of aromatic nitrogens is 4. The highest BCUT2D eigenvalue weighted by atomic mass is 16.3. The molecule has 156 valence electrons. The van der Waals surface area contributed by atoms with Gasteiger partial charge in [-0.3, -0.25) is 4.98 Å². The van der Waals surface area contributed by atoms with Crippen molar-refractivity contribution in [2.75, 3.05) is 13.1 Å². The Bertz CT molecular complexity index is 1050. The lowest BCUT2D eigenvalue weighted by Gasteiger charge is -2.52. The predicted molar refractivity (Wildman–Crippen MR) is 116 cm³/mol. The Kier molecular flexibility index (Phi) is 4.52. The monoisotopic (exact) mass is 403 g/mol. The van der Waals surface area contributed by atoms with E-state index in [1.165, 1.54) is 18.4 Å². The van der Waals surface area contributed by atoms with E-state index < -0.39 is 5.60 Å². The molecule has 6 heteroatoms. The van der Waals surface area contributed by atoms with Crippen LogP contribution < -0.4 is 5.32 Å². The lowest BCUT2D eigenvalue weighted by Crippen LogP contribution is -2.63. The third-order valence-corrected chi connectivity index (χ3v) is 6.74. The van der Waals surface area contributed by atoms with E-state index in [-0.39, 0.29) is 5.41 Å². The Balaban J connectivity index is 1.57. The molecule has 1 atom stereocenters. The van der Waals surface area contributed by atoms with E-state index in [0.29, 0.717) is 17.8 Å². The molecule has 0 bridgehead atoms. The second-order valence-corrected chi connectivity index (χ2v) is 9.39. The van der Waals surface area contributed by atoms with Gasteiger partial charge in [-0.25, -0.2) is 9.67 Å². The van der Waals surface area contributed by atoms with E-state index in [1.807, 2.05) is 10.7 Å². The van der Waals surface area contributed by atoms with Gasteiger partial charge in [0.2, 0.25) is 0 Å². The van der Waals surface area contributed by atoms with Gasteiger partial charge in [-0.05, 0) is 36.0 Å². The zero-order valence-corrected chi connectivity index (χ0v) is 17.8. The minimum Gasteiger partial charge on any atom is -0.380 e. The molecule has 30 heavy (non-hydrogen) atoms. The summed E-state index contributed by atoms with van der Waals surface area (Å²) in [5, 5.41) is 20.2. The fraction of sp³-hybridized carbons (Fsp3) is 0.458. The van der Waals surface area contributed by atoms with Crippen LogP contribution in [0.15, 0.2) is 49.1 Å². The largest absolute Gasteiger partial charge is 0.380 e. The summed E-state index contributed by atoms with van der Waals surface area (Å²) in [6, 6.07) is 10.8. The second-order valence-electron chi connectivity index (χ2n) is 9.39. The molecule has 3 aromatic rings. The highest BCUT2D eigenvalue weighted by Gasteiger charge is 2.53. The van der Waals surface area contributed by atoms with Crippen LogP contribution in [-0.4, -0.2) is 37.9 Å². The summed E-state index contributed by atoms with van der Waals surface area (Å²) in [5.74, 6) is 1.11. The van der Waals surface area contributed by atoms with Gasteiger partial charge in [0.15, 0.2) is 5.82 Å². The molecule has 1 aliphatic heterocycles. The number of rotatable bonds is 6. The standard InChI is InChI=1S/C24H29N5O/c1-16(2)17-4-6-19(7-5-17)24(30,23(3)13-26-14-23)20-10-18(11-25-12-20)22-27-15-29(28-22)21-8-9-21/h4-7,10-12,15-16,21,26,30H,8-9,13-14H2,1-3H3/t24-/m0/s1. The highest BCUT2D eigenvalue weighted by Crippen LogP contribution is 2.48. The molecular formula is C24H29N5O. The summed E-state index contributed by atoms with van der Waals surface area (Å²) in [4.78, 5) is 8.96. The number of hydrogen-bond donors (Lipinski definition) is 2. The van der Waals surface area contributed by atoms with Gasteiger partial charge in [0.05, 0.1) is 6.04 Å². The summed E-state index contributed by atoms with van der Waals surface area (Å²) in [7, 11) is 0. The minimum atomic E-state index is -1.16. The van der Waals surface area contributed by atoms with Gasteiger partial charge < -0.3 is 10.4 Å². The molecule has 0 spiro atoms. The fourth-order valence-electron chi connectivity index (χ4n) is 4.41. The average Bonchev–Trinajstić information content (AvgIpc) is 3.48. The Morgan fingerprint density at radius 3 is 2.47 bits per heavy atom. The van der Waals surface area contributed by atoms with Crippen LogP contribution in [0.3, 0.4) is 0 Å². The first-order valence-corrected chi connectivity index (χ1v) is 10.8. The van der Waals surface area contributed by atoms with Crippen LogP contribution in [0.4, 0.5) is 0 Å². The maximum atomic E-state index is 12.2. The van der Waals surface area contributed by atoms with Gasteiger partial charge >= 0.3 is 0 Å². The zero-order chi connectivity index (χ0) is 20.9. The summed E-state index contributed by atoms with van der Waals surface area (Å²) in [5.41, 5.74) is 2.29. The molecule has 2 N–H and O–H groups in total. The number of benzene rings is 1. The van der Waals surface area contributed by atoms with Gasteiger partial charge in [0.25, 0.3) is 0 Å². The summed E-state index contributed by atoms with van der Waals surface area (Å²) in [6.07, 6.45) is 7.69. The number of aliphatic hydroxyl groups is 1. The molecule has 1 aliphatic carbocycles. The van der Waals surface area contributed by atoms with Gasteiger partial charge in [-0.1, -0.05) is 45.0 Å². The van der Waals surface area contributed by atoms with Crippen LogP contribution in [0.1, 0.15) is 62.3 Å². The molecule has 1 saturated heterocycles. The van der Waals surface area contributed by atoms with Crippen LogP contribution in [0, 0.1) is 5.41 Å². The fourth-order valence-corrected chi connectivity index (χ4v) is 4.41. The Labute approximate surface area is 177 Å². The van der Waals surface area contributed by atoms with E-state index in [1.54, 1.807) is 18.7 Å². The lowest BCUT2D eigenvalue weighted by molar-refractivity contribution is -0.0769. The van der Waals surface area contributed by atoms with Crippen molar-refractivity contribution in [1.82, 2.24) is 25.1 Å². The molecule has 0 amide bonds. The summed E-state index contributed by atoms with van der Waals surface area (Å²) in [6.45, 7) is 7.98. The van der Waals surface area contributed by atoms with Crippen molar-refractivity contribution in [2.45, 2.75) is 51.2 Å². The lowest BCUT2D eigenvalue weighted by atomic mass is 9.63. The third-order valence-electron chi connectivity index (χ3n) is 6.74.